The average molecular weight is 378 g/mol. The van der Waals surface area contributed by atoms with Gasteiger partial charge in [0.15, 0.2) is 5.79 Å². The van der Waals surface area contributed by atoms with Crippen LogP contribution in [0.5, 0.6) is 0 Å². The van der Waals surface area contributed by atoms with Crippen molar-refractivity contribution in [2.45, 2.75) is 63.6 Å². The van der Waals surface area contributed by atoms with Crippen LogP contribution in [0, 0.1) is 5.92 Å². The summed E-state index contributed by atoms with van der Waals surface area (Å²) < 4.78 is 17.1. The van der Waals surface area contributed by atoms with E-state index in [9.17, 15) is 19.8 Å². The van der Waals surface area contributed by atoms with Crippen LogP contribution < -0.4 is 0 Å². The molecule has 2 N–H and O–H groups in total. The number of carbonyl (C=O) groups is 2. The molecule has 0 radical (unpaired) electrons. The second kappa shape index (κ2) is 6.89. The van der Waals surface area contributed by atoms with E-state index >= 15 is 0 Å². The number of hydrogen-bond donors (Lipinski definition) is 2. The fourth-order valence-corrected chi connectivity index (χ4v) is 4.01. The number of aliphatic hydroxyl groups excluding tert-OH is 1. The van der Waals surface area contributed by atoms with E-state index < -0.39 is 48.1 Å². The molecule has 148 valence electrons. The van der Waals surface area contributed by atoms with E-state index in [2.05, 4.69) is 6.58 Å². The smallest absolute Gasteiger partial charge is 0.334 e. The molecular weight excluding hydrogens is 352 g/mol. The van der Waals surface area contributed by atoms with Crippen LogP contribution in [-0.2, 0) is 23.8 Å². The molecule has 0 amide bonds. The SMILES string of the molecule is C=C1C(=O)O[C@H]2/C=C(/CO)C3(O)CCC(C)(CC(OC(=O)/C(C)=C\C)C12)O3. The summed E-state index contributed by atoms with van der Waals surface area (Å²) in [7, 11) is 0. The van der Waals surface area contributed by atoms with Gasteiger partial charge in [0.25, 0.3) is 0 Å². The Morgan fingerprint density at radius 3 is 2.81 bits per heavy atom. The molecule has 0 aliphatic carbocycles. The summed E-state index contributed by atoms with van der Waals surface area (Å²) in [6.07, 6.45) is 2.69. The molecular formula is C20H26O7. The first kappa shape index (κ1) is 19.8. The second-order valence-corrected chi connectivity index (χ2v) is 7.73. The maximum absolute atomic E-state index is 12.4. The zero-order valence-corrected chi connectivity index (χ0v) is 15.9. The Balaban J connectivity index is 2.05. The van der Waals surface area contributed by atoms with Crippen LogP contribution in [0.15, 0.2) is 35.5 Å². The average Bonchev–Trinajstić information content (AvgIpc) is 3.08. The van der Waals surface area contributed by atoms with Gasteiger partial charge in [-0.2, -0.15) is 0 Å². The van der Waals surface area contributed by atoms with Crippen LogP contribution in [0.4, 0.5) is 0 Å². The number of hydrogen-bond acceptors (Lipinski definition) is 7. The summed E-state index contributed by atoms with van der Waals surface area (Å²) in [4.78, 5) is 24.6. The first-order valence-electron chi connectivity index (χ1n) is 9.11. The lowest BCUT2D eigenvalue weighted by Gasteiger charge is -2.33. The monoisotopic (exact) mass is 378 g/mol. The minimum Gasteiger partial charge on any atom is -0.458 e. The van der Waals surface area contributed by atoms with E-state index in [0.717, 1.165) is 0 Å². The van der Waals surface area contributed by atoms with Crippen LogP contribution >= 0.6 is 0 Å². The first-order chi connectivity index (χ1) is 12.6. The molecule has 3 aliphatic heterocycles. The highest BCUT2D eigenvalue weighted by molar-refractivity contribution is 5.92. The molecule has 27 heavy (non-hydrogen) atoms. The molecule has 3 aliphatic rings. The Kier molecular flexibility index (Phi) is 5.05. The van der Waals surface area contributed by atoms with Gasteiger partial charge < -0.3 is 24.4 Å². The number of aliphatic hydroxyl groups is 2. The van der Waals surface area contributed by atoms with E-state index in [1.807, 2.05) is 6.92 Å². The van der Waals surface area contributed by atoms with Crippen molar-refractivity contribution >= 4 is 11.9 Å². The Morgan fingerprint density at radius 2 is 2.19 bits per heavy atom. The van der Waals surface area contributed by atoms with Crippen molar-refractivity contribution in [1.82, 2.24) is 0 Å². The zero-order chi connectivity index (χ0) is 20.0. The molecule has 7 nitrogen and oxygen atoms in total. The van der Waals surface area contributed by atoms with E-state index in [0.29, 0.717) is 12.0 Å². The summed E-state index contributed by atoms with van der Waals surface area (Å²) >= 11 is 0. The van der Waals surface area contributed by atoms with Crippen LogP contribution in [0.2, 0.25) is 0 Å². The third kappa shape index (κ3) is 3.47. The first-order valence-corrected chi connectivity index (χ1v) is 9.11. The minimum absolute atomic E-state index is 0.206. The number of carbonyl (C=O) groups excluding carboxylic acids is 2. The maximum atomic E-state index is 12.4. The van der Waals surface area contributed by atoms with Gasteiger partial charge in [0.1, 0.15) is 12.2 Å². The number of allylic oxidation sites excluding steroid dienone is 1. The predicted molar refractivity (Wildman–Crippen MR) is 95.3 cm³/mol. The highest BCUT2D eigenvalue weighted by Gasteiger charge is 2.54. The van der Waals surface area contributed by atoms with Gasteiger partial charge in [-0.1, -0.05) is 12.7 Å². The molecule has 2 bridgehead atoms. The Morgan fingerprint density at radius 1 is 1.48 bits per heavy atom. The van der Waals surface area contributed by atoms with Gasteiger partial charge in [0.05, 0.1) is 18.1 Å². The fourth-order valence-electron chi connectivity index (χ4n) is 4.01. The third-order valence-electron chi connectivity index (χ3n) is 5.75. The molecule has 0 aromatic heterocycles. The maximum Gasteiger partial charge on any atom is 0.334 e. The Hall–Kier alpha value is -1.96. The molecule has 0 saturated carbocycles. The fraction of sp³-hybridized carbons (Fsp3) is 0.600. The van der Waals surface area contributed by atoms with Crippen LogP contribution in [-0.4, -0.2) is 52.4 Å². The summed E-state index contributed by atoms with van der Waals surface area (Å²) in [5, 5.41) is 20.7. The molecule has 5 atom stereocenters. The molecule has 4 unspecified atom stereocenters. The molecule has 0 aromatic carbocycles. The summed E-state index contributed by atoms with van der Waals surface area (Å²) in [5.74, 6) is -3.32. The largest absolute Gasteiger partial charge is 0.458 e. The molecule has 0 aromatic rings. The molecule has 0 spiro atoms. The highest BCUT2D eigenvalue weighted by Crippen LogP contribution is 2.47. The predicted octanol–water partition coefficient (Wildman–Crippen LogP) is 1.54. The van der Waals surface area contributed by atoms with Crippen molar-refractivity contribution in [1.29, 1.82) is 0 Å². The molecule has 3 rings (SSSR count). The van der Waals surface area contributed by atoms with Crippen molar-refractivity contribution in [2.75, 3.05) is 6.61 Å². The zero-order valence-electron chi connectivity index (χ0n) is 15.9. The lowest BCUT2D eigenvalue weighted by Crippen LogP contribution is -2.40. The van der Waals surface area contributed by atoms with Crippen LogP contribution in [0.1, 0.15) is 40.0 Å². The Bertz CT molecular complexity index is 737. The van der Waals surface area contributed by atoms with Gasteiger partial charge in [0, 0.05) is 29.6 Å². The van der Waals surface area contributed by atoms with Gasteiger partial charge in [-0.05, 0) is 33.3 Å². The van der Waals surface area contributed by atoms with Crippen LogP contribution in [0.3, 0.4) is 0 Å². The van der Waals surface area contributed by atoms with Crippen molar-refractivity contribution in [3.8, 4) is 0 Å². The molecule has 7 heteroatoms. The van der Waals surface area contributed by atoms with E-state index in [-0.39, 0.29) is 24.0 Å². The Labute approximate surface area is 158 Å². The summed E-state index contributed by atoms with van der Waals surface area (Å²) in [6, 6.07) is 0. The lowest BCUT2D eigenvalue weighted by molar-refractivity contribution is -0.205. The number of esters is 2. The van der Waals surface area contributed by atoms with Gasteiger partial charge in [0.2, 0.25) is 0 Å². The molecule has 2 fully saturated rings. The quantitative estimate of drug-likeness (QED) is 0.436. The van der Waals surface area contributed by atoms with Crippen molar-refractivity contribution in [3.05, 3.63) is 35.5 Å². The van der Waals surface area contributed by atoms with Gasteiger partial charge in [-0.3, -0.25) is 0 Å². The van der Waals surface area contributed by atoms with E-state index in [1.165, 1.54) is 6.08 Å². The lowest BCUT2D eigenvalue weighted by atomic mass is 9.81. The third-order valence-corrected chi connectivity index (χ3v) is 5.75. The molecule has 3 heterocycles. The second-order valence-electron chi connectivity index (χ2n) is 7.73. The molecule has 2 saturated heterocycles. The van der Waals surface area contributed by atoms with E-state index in [1.54, 1.807) is 19.9 Å². The topological polar surface area (TPSA) is 102 Å². The number of rotatable bonds is 3. The van der Waals surface area contributed by atoms with Gasteiger partial charge >= 0.3 is 11.9 Å². The normalized spacial score (nSPS) is 41.0. The van der Waals surface area contributed by atoms with Crippen molar-refractivity contribution < 1.29 is 34.0 Å². The minimum atomic E-state index is -1.64. The summed E-state index contributed by atoms with van der Waals surface area (Å²) in [5.41, 5.74) is 0.0968. The standard InChI is InChI=1S/C20H26O7/c1-5-11(2)17(22)26-15-9-19(4)6-7-20(24,27-19)13(10-21)8-14-16(15)12(3)18(23)25-14/h5,8,14-16,21,24H,3,6-7,9-10H2,1-2,4H3/b11-5-,13-8-/t14-,15?,16?,19?,20?/m0/s1. The van der Waals surface area contributed by atoms with E-state index in [4.69, 9.17) is 14.2 Å². The van der Waals surface area contributed by atoms with Crippen molar-refractivity contribution in [3.63, 3.8) is 0 Å². The van der Waals surface area contributed by atoms with Gasteiger partial charge in [-0.25, -0.2) is 9.59 Å². The number of ether oxygens (including phenoxy) is 3. The van der Waals surface area contributed by atoms with Crippen LogP contribution in [0.25, 0.3) is 0 Å². The van der Waals surface area contributed by atoms with Crippen molar-refractivity contribution in [2.24, 2.45) is 5.92 Å². The summed E-state index contributed by atoms with van der Waals surface area (Å²) in [6.45, 7) is 8.59. The van der Waals surface area contributed by atoms with Gasteiger partial charge in [-0.15, -0.1) is 0 Å². The number of fused-ring (bicyclic) bond motifs is 3. The highest BCUT2D eigenvalue weighted by atomic mass is 16.6.